The van der Waals surface area contributed by atoms with E-state index in [9.17, 15) is 9.90 Å². The molecular weight excluding hydrogens is 292 g/mol. The number of amides is 1. The Morgan fingerprint density at radius 1 is 1.22 bits per heavy atom. The summed E-state index contributed by atoms with van der Waals surface area (Å²) in [7, 11) is 1.73. The number of hydrogen-bond acceptors (Lipinski definition) is 5. The molecule has 1 atom stereocenters. The first-order valence-corrected chi connectivity index (χ1v) is 7.71. The summed E-state index contributed by atoms with van der Waals surface area (Å²) in [5, 5.41) is 15.6. The Kier molecular flexibility index (Phi) is 4.52. The number of rotatable bonds is 5. The van der Waals surface area contributed by atoms with Crippen molar-refractivity contribution in [1.82, 2.24) is 15.3 Å². The molecule has 3 N–H and O–H groups in total. The summed E-state index contributed by atoms with van der Waals surface area (Å²) in [6, 6.07) is 8.91. The lowest BCUT2D eigenvalue weighted by molar-refractivity contribution is 0.0228. The lowest BCUT2D eigenvalue weighted by atomic mass is 9.76. The maximum Gasteiger partial charge on any atom is 0.255 e. The van der Waals surface area contributed by atoms with Crippen LogP contribution in [-0.2, 0) is 0 Å². The average molecular weight is 312 g/mol. The van der Waals surface area contributed by atoms with E-state index in [-0.39, 0.29) is 24.0 Å². The minimum atomic E-state index is -0.283. The molecule has 2 aromatic heterocycles. The third-order valence-electron chi connectivity index (χ3n) is 4.20. The van der Waals surface area contributed by atoms with Crippen LogP contribution in [0.4, 0.5) is 5.82 Å². The first-order valence-electron chi connectivity index (χ1n) is 7.71. The quantitative estimate of drug-likeness (QED) is 0.783. The van der Waals surface area contributed by atoms with Crippen LogP contribution in [0, 0.1) is 5.92 Å². The fourth-order valence-electron chi connectivity index (χ4n) is 2.90. The van der Waals surface area contributed by atoms with Gasteiger partial charge in [-0.25, -0.2) is 4.98 Å². The van der Waals surface area contributed by atoms with Crippen LogP contribution in [0.25, 0.3) is 0 Å². The Balaban J connectivity index is 1.82. The lowest BCUT2D eigenvalue weighted by Crippen LogP contribution is -2.42. The Labute approximate surface area is 135 Å². The van der Waals surface area contributed by atoms with Gasteiger partial charge in [-0.15, -0.1) is 0 Å². The maximum absolute atomic E-state index is 12.7. The van der Waals surface area contributed by atoms with Gasteiger partial charge in [0.25, 0.3) is 5.91 Å². The molecule has 0 radical (unpaired) electrons. The van der Waals surface area contributed by atoms with Gasteiger partial charge in [0.15, 0.2) is 0 Å². The fourth-order valence-corrected chi connectivity index (χ4v) is 2.90. The Bertz CT molecular complexity index is 671. The van der Waals surface area contributed by atoms with Crippen molar-refractivity contribution in [3.05, 3.63) is 54.0 Å². The van der Waals surface area contributed by atoms with Gasteiger partial charge >= 0.3 is 0 Å². The van der Waals surface area contributed by atoms with Gasteiger partial charge < -0.3 is 15.7 Å². The molecule has 0 aliphatic heterocycles. The van der Waals surface area contributed by atoms with E-state index in [4.69, 9.17) is 0 Å². The summed E-state index contributed by atoms with van der Waals surface area (Å²) < 4.78 is 0. The minimum Gasteiger partial charge on any atom is -0.393 e. The zero-order chi connectivity index (χ0) is 16.2. The number of nitrogens with zero attached hydrogens (tertiary/aromatic N) is 2. The van der Waals surface area contributed by atoms with Crippen LogP contribution in [-0.4, -0.2) is 34.1 Å². The van der Waals surface area contributed by atoms with E-state index in [0.29, 0.717) is 24.2 Å². The fraction of sp³-hybridized carbons (Fsp3) is 0.353. The Hall–Kier alpha value is -2.47. The standard InChI is InChI=1S/C17H20N4O2/c1-18-16-13(5-4-8-20-16)17(23)21-15(11-9-12(22)10-11)14-6-2-3-7-19-14/h2-8,11-12,15,22H,9-10H2,1H3,(H,18,20)(H,21,23)/t11?,12?,15-/m0/s1. The normalized spacial score (nSPS) is 21.1. The van der Waals surface area contributed by atoms with E-state index < -0.39 is 0 Å². The third kappa shape index (κ3) is 3.32. The number of carbonyl (C=O) groups is 1. The first-order chi connectivity index (χ1) is 11.2. The Morgan fingerprint density at radius 3 is 2.65 bits per heavy atom. The molecule has 6 nitrogen and oxygen atoms in total. The van der Waals surface area contributed by atoms with Crippen molar-refractivity contribution in [3.63, 3.8) is 0 Å². The topological polar surface area (TPSA) is 87.1 Å². The molecule has 0 bridgehead atoms. The average Bonchev–Trinajstić information content (AvgIpc) is 2.57. The highest BCUT2D eigenvalue weighted by atomic mass is 16.3. The number of hydrogen-bond donors (Lipinski definition) is 3. The van der Waals surface area contributed by atoms with Crippen molar-refractivity contribution in [2.75, 3.05) is 12.4 Å². The van der Waals surface area contributed by atoms with Crippen molar-refractivity contribution in [2.24, 2.45) is 5.92 Å². The second kappa shape index (κ2) is 6.75. The van der Waals surface area contributed by atoms with E-state index in [2.05, 4.69) is 20.6 Å². The van der Waals surface area contributed by atoms with Crippen LogP contribution < -0.4 is 10.6 Å². The van der Waals surface area contributed by atoms with Crippen LogP contribution in [0.3, 0.4) is 0 Å². The van der Waals surface area contributed by atoms with Gasteiger partial charge in [-0.05, 0) is 43.0 Å². The molecule has 0 saturated heterocycles. The van der Waals surface area contributed by atoms with Crippen molar-refractivity contribution in [1.29, 1.82) is 0 Å². The molecule has 0 spiro atoms. The van der Waals surface area contributed by atoms with Crippen LogP contribution in [0.1, 0.15) is 34.9 Å². The van der Waals surface area contributed by atoms with Crippen LogP contribution in [0.2, 0.25) is 0 Å². The number of aliphatic hydroxyl groups excluding tert-OH is 1. The molecule has 1 aliphatic rings. The zero-order valence-electron chi connectivity index (χ0n) is 12.9. The number of carbonyl (C=O) groups excluding carboxylic acids is 1. The molecule has 0 unspecified atom stereocenters. The van der Waals surface area contributed by atoms with Gasteiger partial charge in [0.1, 0.15) is 5.82 Å². The van der Waals surface area contributed by atoms with Gasteiger partial charge in [-0.1, -0.05) is 6.07 Å². The summed E-state index contributed by atoms with van der Waals surface area (Å²) >= 11 is 0. The highest BCUT2D eigenvalue weighted by Crippen LogP contribution is 2.37. The summed E-state index contributed by atoms with van der Waals surface area (Å²) in [6.45, 7) is 0. The van der Waals surface area contributed by atoms with Gasteiger partial charge in [-0.3, -0.25) is 9.78 Å². The number of nitrogens with one attached hydrogen (secondary N) is 2. The molecule has 1 saturated carbocycles. The van der Waals surface area contributed by atoms with Gasteiger partial charge in [0.2, 0.25) is 0 Å². The van der Waals surface area contributed by atoms with Crippen molar-refractivity contribution < 1.29 is 9.90 Å². The summed E-state index contributed by atoms with van der Waals surface area (Å²) in [5.41, 5.74) is 1.31. The van der Waals surface area contributed by atoms with E-state index in [1.165, 1.54) is 0 Å². The number of aliphatic hydroxyl groups is 1. The SMILES string of the molecule is CNc1ncccc1C(=O)N[C@H](c1ccccn1)C1CC(O)C1. The first kappa shape index (κ1) is 15.4. The predicted molar refractivity (Wildman–Crippen MR) is 87.0 cm³/mol. The molecule has 1 aliphatic carbocycles. The van der Waals surface area contributed by atoms with Crippen molar-refractivity contribution in [2.45, 2.75) is 25.0 Å². The molecule has 3 rings (SSSR count). The minimum absolute atomic E-state index is 0.193. The largest absolute Gasteiger partial charge is 0.393 e. The zero-order valence-corrected chi connectivity index (χ0v) is 12.9. The van der Waals surface area contributed by atoms with E-state index in [1.54, 1.807) is 31.6 Å². The smallest absolute Gasteiger partial charge is 0.255 e. The van der Waals surface area contributed by atoms with Gasteiger partial charge in [0.05, 0.1) is 23.4 Å². The molecule has 0 aromatic carbocycles. The van der Waals surface area contributed by atoms with Crippen LogP contribution in [0.15, 0.2) is 42.7 Å². The van der Waals surface area contributed by atoms with E-state index in [1.807, 2.05) is 18.2 Å². The van der Waals surface area contributed by atoms with Gasteiger partial charge in [-0.2, -0.15) is 0 Å². The van der Waals surface area contributed by atoms with Crippen molar-refractivity contribution >= 4 is 11.7 Å². The molecular formula is C17H20N4O2. The number of aromatic nitrogens is 2. The molecule has 6 heteroatoms. The molecule has 1 amide bonds. The van der Waals surface area contributed by atoms with Gasteiger partial charge in [0, 0.05) is 19.4 Å². The maximum atomic E-state index is 12.7. The highest BCUT2D eigenvalue weighted by molar-refractivity contribution is 5.98. The van der Waals surface area contributed by atoms with Crippen LogP contribution in [0.5, 0.6) is 0 Å². The molecule has 23 heavy (non-hydrogen) atoms. The molecule has 1 fully saturated rings. The number of anilines is 1. The second-order valence-corrected chi connectivity index (χ2v) is 5.74. The second-order valence-electron chi connectivity index (χ2n) is 5.74. The highest BCUT2D eigenvalue weighted by Gasteiger charge is 2.36. The lowest BCUT2D eigenvalue weighted by Gasteiger charge is -2.37. The summed E-state index contributed by atoms with van der Waals surface area (Å²) in [6.07, 6.45) is 4.42. The monoisotopic (exact) mass is 312 g/mol. The van der Waals surface area contributed by atoms with Crippen LogP contribution >= 0.6 is 0 Å². The summed E-state index contributed by atoms with van der Waals surface area (Å²) in [5.74, 6) is 0.538. The van der Waals surface area contributed by atoms with E-state index >= 15 is 0 Å². The predicted octanol–water partition coefficient (Wildman–Crippen LogP) is 1.76. The number of pyridine rings is 2. The summed E-state index contributed by atoms with van der Waals surface area (Å²) in [4.78, 5) is 21.2. The van der Waals surface area contributed by atoms with E-state index in [0.717, 1.165) is 5.69 Å². The molecule has 120 valence electrons. The Morgan fingerprint density at radius 2 is 2.00 bits per heavy atom. The van der Waals surface area contributed by atoms with Crippen molar-refractivity contribution in [3.8, 4) is 0 Å². The molecule has 2 aromatic rings. The third-order valence-corrected chi connectivity index (χ3v) is 4.20. The molecule has 2 heterocycles.